The minimum atomic E-state index is 0.807. The fraction of sp³-hybridized carbons (Fsp3) is 0. The van der Waals surface area contributed by atoms with Crippen molar-refractivity contribution in [3.05, 3.63) is 395 Å². The summed E-state index contributed by atoms with van der Waals surface area (Å²) in [6.45, 7) is 0. The third-order valence-electron chi connectivity index (χ3n) is 21.5. The van der Waals surface area contributed by atoms with Gasteiger partial charge in [-0.3, -0.25) is 29.1 Å². The molecule has 11 aromatic carbocycles. The van der Waals surface area contributed by atoms with Gasteiger partial charge in [-0.25, -0.2) is 15.0 Å². The van der Waals surface area contributed by atoms with E-state index in [9.17, 15) is 0 Å². The van der Waals surface area contributed by atoms with Crippen LogP contribution in [0.1, 0.15) is 0 Å². The number of hydrogen-bond acceptors (Lipinski definition) is 7. The van der Waals surface area contributed by atoms with E-state index in [1.54, 1.807) is 12.4 Å². The Hall–Kier alpha value is -15.3. The molecule has 0 saturated carbocycles. The highest BCUT2D eigenvalue weighted by atomic mass is 15.1. The SMILES string of the molecule is c1ccc(-n2c3cc(-c4ccc5c6ccccc6n(-c6ccc(-c7cc(-c8ccccn8)cc(-c8ccccn8)c7)cc6)c5c4)ccc3c3cccnc32)cc1.c1ccc(-n2c3cc(-c4ccc5c6ccccc6n(-c6ccc(-c7cc(-c8ccccn8)nc(-c8ccccn8)c7)cc6)c5c4)ccc3c3cccnc32)cc1. The van der Waals surface area contributed by atoms with E-state index < -0.39 is 0 Å². The average Bonchev–Trinajstić information content (AvgIpc) is 1.59. The molecule has 0 aliphatic rings. The molecule has 11 heteroatoms. The minimum absolute atomic E-state index is 0.807. The first-order chi connectivity index (χ1) is 55.5. The van der Waals surface area contributed by atoms with Crippen LogP contribution in [0, 0.1) is 0 Å². The van der Waals surface area contributed by atoms with Crippen LogP contribution in [-0.2, 0) is 0 Å². The highest BCUT2D eigenvalue weighted by Crippen LogP contribution is 2.43. The third-order valence-corrected chi connectivity index (χ3v) is 21.5. The molecule has 11 nitrogen and oxygen atoms in total. The van der Waals surface area contributed by atoms with Gasteiger partial charge in [-0.2, -0.15) is 0 Å². The summed E-state index contributed by atoms with van der Waals surface area (Å²) in [7, 11) is 0. The highest BCUT2D eigenvalue weighted by Gasteiger charge is 2.22. The van der Waals surface area contributed by atoms with Crippen LogP contribution >= 0.6 is 0 Å². The quantitative estimate of drug-likeness (QED) is 0.120. The summed E-state index contributed by atoms with van der Waals surface area (Å²) >= 11 is 0. The van der Waals surface area contributed by atoms with Crippen molar-refractivity contribution < 1.29 is 0 Å². The number of pyridine rings is 7. The molecule has 0 radical (unpaired) electrons. The maximum Gasteiger partial charge on any atom is 0.145 e. The molecule has 0 bridgehead atoms. The van der Waals surface area contributed by atoms with Crippen LogP contribution < -0.4 is 0 Å². The number of nitrogens with zero attached hydrogens (tertiary/aromatic N) is 11. The lowest BCUT2D eigenvalue weighted by Crippen LogP contribution is -1.96. The van der Waals surface area contributed by atoms with Gasteiger partial charge in [0.2, 0.25) is 0 Å². The van der Waals surface area contributed by atoms with Gasteiger partial charge in [0, 0.05) is 114 Å². The van der Waals surface area contributed by atoms with Crippen molar-refractivity contribution >= 4 is 87.5 Å². The number of benzene rings is 11. The number of rotatable bonds is 12. The van der Waals surface area contributed by atoms with Gasteiger partial charge < -0.3 is 9.13 Å². The molecule has 11 aromatic heterocycles. The van der Waals surface area contributed by atoms with Crippen molar-refractivity contribution in [3.63, 3.8) is 0 Å². The molecule has 22 aromatic rings. The second kappa shape index (κ2) is 27.5. The van der Waals surface area contributed by atoms with E-state index in [1.165, 1.54) is 37.8 Å². The van der Waals surface area contributed by atoms with Crippen LogP contribution in [0.2, 0.25) is 0 Å². The average molecular weight is 1430 g/mol. The zero-order chi connectivity index (χ0) is 74.0. The molecule has 0 unspecified atom stereocenters. The molecular formula is C101H65N11. The van der Waals surface area contributed by atoms with Crippen molar-refractivity contribution in [3.8, 4) is 113 Å². The highest BCUT2D eigenvalue weighted by molar-refractivity contribution is 6.14. The van der Waals surface area contributed by atoms with E-state index in [0.717, 1.165) is 162 Å². The molecule has 0 N–H and O–H groups in total. The Balaban J connectivity index is 0.000000141. The Morgan fingerprint density at radius 2 is 0.446 bits per heavy atom. The van der Waals surface area contributed by atoms with Gasteiger partial charge in [0.25, 0.3) is 0 Å². The Kier molecular flexibility index (Phi) is 15.9. The minimum Gasteiger partial charge on any atom is -0.309 e. The lowest BCUT2D eigenvalue weighted by atomic mass is 9.96. The predicted molar refractivity (Wildman–Crippen MR) is 458 cm³/mol. The largest absolute Gasteiger partial charge is 0.309 e. The van der Waals surface area contributed by atoms with E-state index in [-0.39, 0.29) is 0 Å². The van der Waals surface area contributed by atoms with Gasteiger partial charge in [0.1, 0.15) is 11.3 Å². The zero-order valence-electron chi connectivity index (χ0n) is 60.4. The number of para-hydroxylation sites is 4. The Morgan fingerprint density at radius 3 is 0.839 bits per heavy atom. The van der Waals surface area contributed by atoms with E-state index in [0.29, 0.717) is 0 Å². The third kappa shape index (κ3) is 11.5. The molecule has 0 atom stereocenters. The van der Waals surface area contributed by atoms with Crippen molar-refractivity contribution in [1.29, 1.82) is 0 Å². The molecule has 0 spiro atoms. The lowest BCUT2D eigenvalue weighted by molar-refractivity contribution is 1.14. The molecule has 0 saturated heterocycles. The van der Waals surface area contributed by atoms with Crippen molar-refractivity contribution in [1.82, 2.24) is 53.2 Å². The first-order valence-corrected chi connectivity index (χ1v) is 37.5. The van der Waals surface area contributed by atoms with Crippen LogP contribution in [-0.4, -0.2) is 53.2 Å². The van der Waals surface area contributed by atoms with E-state index in [2.05, 4.69) is 323 Å². The van der Waals surface area contributed by atoms with Gasteiger partial charge in [-0.1, -0.05) is 170 Å². The molecular weight excluding hydrogens is 1370 g/mol. The van der Waals surface area contributed by atoms with Crippen LogP contribution in [0.15, 0.2) is 395 Å². The fourth-order valence-electron chi connectivity index (χ4n) is 16.3. The van der Waals surface area contributed by atoms with Crippen LogP contribution in [0.4, 0.5) is 0 Å². The first-order valence-electron chi connectivity index (χ1n) is 37.5. The molecule has 112 heavy (non-hydrogen) atoms. The summed E-state index contributed by atoms with van der Waals surface area (Å²) in [5, 5.41) is 9.55. The molecule has 22 rings (SSSR count). The summed E-state index contributed by atoms with van der Waals surface area (Å²) in [6, 6.07) is 126. The summed E-state index contributed by atoms with van der Waals surface area (Å²) in [6.07, 6.45) is 11.0. The molecule has 0 aliphatic carbocycles. The van der Waals surface area contributed by atoms with Crippen molar-refractivity contribution in [2.75, 3.05) is 0 Å². The number of aromatic nitrogens is 11. The first kappa shape index (κ1) is 65.0. The van der Waals surface area contributed by atoms with Crippen molar-refractivity contribution in [2.24, 2.45) is 0 Å². The normalized spacial score (nSPS) is 11.6. The van der Waals surface area contributed by atoms with Crippen LogP contribution in [0.25, 0.3) is 200 Å². The van der Waals surface area contributed by atoms with Gasteiger partial charge in [0.05, 0.1) is 67.3 Å². The zero-order valence-corrected chi connectivity index (χ0v) is 60.4. The summed E-state index contributed by atoms with van der Waals surface area (Å²) < 4.78 is 9.32. The number of fused-ring (bicyclic) bond motifs is 12. The monoisotopic (exact) mass is 1430 g/mol. The Labute approximate surface area is 644 Å². The summed E-state index contributed by atoms with van der Waals surface area (Å²) in [5.41, 5.74) is 29.4. The smallest absolute Gasteiger partial charge is 0.145 e. The van der Waals surface area contributed by atoms with Crippen LogP contribution in [0.3, 0.4) is 0 Å². The molecule has 11 heterocycles. The summed E-state index contributed by atoms with van der Waals surface area (Å²) in [5.74, 6) is 0. The van der Waals surface area contributed by atoms with Gasteiger partial charge in [-0.05, 0) is 233 Å². The lowest BCUT2D eigenvalue weighted by Gasteiger charge is -2.13. The fourth-order valence-corrected chi connectivity index (χ4v) is 16.3. The predicted octanol–water partition coefficient (Wildman–Crippen LogP) is 24.9. The molecule has 0 fully saturated rings. The van der Waals surface area contributed by atoms with E-state index >= 15 is 0 Å². The van der Waals surface area contributed by atoms with Gasteiger partial charge >= 0.3 is 0 Å². The van der Waals surface area contributed by atoms with E-state index in [1.807, 2.05) is 97.6 Å². The second-order valence-corrected chi connectivity index (χ2v) is 28.1. The van der Waals surface area contributed by atoms with Gasteiger partial charge in [-0.15, -0.1) is 0 Å². The van der Waals surface area contributed by atoms with Gasteiger partial charge in [0.15, 0.2) is 0 Å². The van der Waals surface area contributed by atoms with Crippen molar-refractivity contribution in [2.45, 2.75) is 0 Å². The molecule has 0 amide bonds. The Bertz CT molecular complexity index is 6770. The molecule has 524 valence electrons. The maximum atomic E-state index is 4.97. The molecule has 0 aliphatic heterocycles. The number of hydrogen-bond donors (Lipinski definition) is 0. The van der Waals surface area contributed by atoms with Crippen LogP contribution in [0.5, 0.6) is 0 Å². The standard InChI is InChI=1S/C51H33N5.C50H32N6/c1-2-11-40(12-3-1)56-50-33-36(21-25-44(50)45-14-10-28-54-51(45)56)35-20-24-43-42-13-4-5-17-48(42)55(49(43)32-35)41-22-18-34(19-23-41)37-29-38(46-15-6-8-26-52-46)31-39(30-37)47-16-7-9-27-53-47;1-2-11-37(12-3-1)56-49-32-35(21-25-41(49)42-14-10-28-53-50(42)56)34-20-24-40-39-13-4-5-17-47(39)55(48(40)31-34)38-22-18-33(19-23-38)36-29-45(43-15-6-8-26-51-43)54-46(30-36)44-16-7-9-27-52-44/h1-33H;1-32H. The summed E-state index contributed by atoms with van der Waals surface area (Å²) in [4.78, 5) is 33.2. The van der Waals surface area contributed by atoms with E-state index in [4.69, 9.17) is 15.0 Å². The topological polar surface area (TPSA) is 110 Å². The Morgan fingerprint density at radius 1 is 0.152 bits per heavy atom. The second-order valence-electron chi connectivity index (χ2n) is 28.1. The maximum absolute atomic E-state index is 4.97.